The molecule has 1 aliphatic heterocycles. The van der Waals surface area contributed by atoms with Crippen molar-refractivity contribution >= 4 is 55.0 Å². The van der Waals surface area contributed by atoms with Crippen molar-refractivity contribution in [3.05, 3.63) is 123 Å². The van der Waals surface area contributed by atoms with E-state index in [0.29, 0.717) is 10.3 Å². The molecule has 1 aromatic heterocycles. The van der Waals surface area contributed by atoms with Gasteiger partial charge < -0.3 is 4.74 Å². The summed E-state index contributed by atoms with van der Waals surface area (Å²) in [5.41, 5.74) is 6.59. The van der Waals surface area contributed by atoms with Gasteiger partial charge in [0.1, 0.15) is 5.75 Å². The van der Waals surface area contributed by atoms with Crippen molar-refractivity contribution in [3.8, 4) is 5.75 Å². The van der Waals surface area contributed by atoms with Gasteiger partial charge in [0.2, 0.25) is 0 Å². The van der Waals surface area contributed by atoms with E-state index >= 15 is 0 Å². The number of aromatic nitrogens is 1. The number of rotatable bonds is 3. The Labute approximate surface area is 223 Å². The first-order chi connectivity index (χ1) is 17.0. The summed E-state index contributed by atoms with van der Waals surface area (Å²) in [6, 6.07) is 22.5. The van der Waals surface area contributed by atoms with Crippen molar-refractivity contribution < 1.29 is 4.74 Å². The van der Waals surface area contributed by atoms with Crippen LogP contribution < -0.4 is 19.6 Å². The quantitative estimate of drug-likeness (QED) is 0.293. The van der Waals surface area contributed by atoms with Crippen molar-refractivity contribution in [1.29, 1.82) is 0 Å². The fourth-order valence-corrected chi connectivity index (χ4v) is 7.41. The number of methoxy groups -OCH3 is 1. The van der Waals surface area contributed by atoms with E-state index in [1.165, 1.54) is 28.0 Å². The number of thiazole rings is 1. The Hall–Kier alpha value is -2.74. The molecule has 7 heteroatoms. The Bertz CT molecular complexity index is 1690. The number of hydrogen-bond donors (Lipinski definition) is 0. The first kappa shape index (κ1) is 22.7. The maximum atomic E-state index is 13.9. The fourth-order valence-electron chi connectivity index (χ4n) is 5.00. The molecular weight excluding hydrogens is 588 g/mol. The van der Waals surface area contributed by atoms with E-state index in [1.54, 1.807) is 7.11 Å². The molecular formula is C28H20Br2N2O2S. The van der Waals surface area contributed by atoms with Gasteiger partial charge in [-0.2, -0.15) is 0 Å². The smallest absolute Gasteiger partial charge is 0.271 e. The molecule has 174 valence electrons. The minimum Gasteiger partial charge on any atom is -0.495 e. The number of benzene rings is 3. The Balaban J connectivity index is 1.63. The maximum Gasteiger partial charge on any atom is 0.271 e. The molecule has 0 saturated carbocycles. The Morgan fingerprint density at radius 1 is 1.06 bits per heavy atom. The summed E-state index contributed by atoms with van der Waals surface area (Å²) >= 11 is 8.54. The molecule has 6 rings (SSSR count). The van der Waals surface area contributed by atoms with E-state index in [9.17, 15) is 4.79 Å². The second kappa shape index (κ2) is 9.04. The molecule has 1 atom stereocenters. The van der Waals surface area contributed by atoms with Gasteiger partial charge in [-0.25, -0.2) is 4.99 Å². The van der Waals surface area contributed by atoms with Crippen molar-refractivity contribution in [3.63, 3.8) is 0 Å². The summed E-state index contributed by atoms with van der Waals surface area (Å²) in [6.45, 7) is 0. The number of ether oxygens (including phenoxy) is 1. The van der Waals surface area contributed by atoms with Gasteiger partial charge in [0.15, 0.2) is 4.80 Å². The van der Waals surface area contributed by atoms with Gasteiger partial charge in [0, 0.05) is 15.6 Å². The van der Waals surface area contributed by atoms with Gasteiger partial charge in [0.05, 0.1) is 27.9 Å². The highest BCUT2D eigenvalue weighted by molar-refractivity contribution is 9.11. The van der Waals surface area contributed by atoms with Crippen LogP contribution in [0.4, 0.5) is 0 Å². The highest BCUT2D eigenvalue weighted by Gasteiger charge is 2.32. The molecule has 2 heterocycles. The van der Waals surface area contributed by atoms with E-state index in [0.717, 1.165) is 43.4 Å². The minimum absolute atomic E-state index is 0.0360. The molecule has 35 heavy (non-hydrogen) atoms. The van der Waals surface area contributed by atoms with Crippen molar-refractivity contribution in [2.45, 2.75) is 18.9 Å². The second-order valence-corrected chi connectivity index (χ2v) is 11.3. The molecule has 2 aliphatic rings. The summed E-state index contributed by atoms with van der Waals surface area (Å²) in [4.78, 5) is 19.7. The van der Waals surface area contributed by atoms with Crippen molar-refractivity contribution in [2.24, 2.45) is 4.99 Å². The lowest BCUT2D eigenvalue weighted by molar-refractivity contribution is 0.411. The van der Waals surface area contributed by atoms with Crippen LogP contribution in [0.3, 0.4) is 0 Å². The van der Waals surface area contributed by atoms with Crippen LogP contribution in [0, 0.1) is 0 Å². The molecule has 4 nitrogen and oxygen atoms in total. The second-order valence-electron chi connectivity index (χ2n) is 8.53. The standard InChI is InChI=1S/C28H20Br2N2O2S/c1-34-26-18(13-19(29)15-22(26)30)14-23-27(33)32-25(17-8-3-2-4-9-17)21-12-11-16-7-5-6-10-20(16)24(21)31-28(32)35-23/h2-10,13-15,25H,11-12H2,1H3. The molecule has 1 unspecified atom stereocenters. The van der Waals surface area contributed by atoms with E-state index in [1.807, 2.05) is 41.0 Å². The lowest BCUT2D eigenvalue weighted by atomic mass is 9.83. The molecule has 0 fully saturated rings. The van der Waals surface area contributed by atoms with E-state index in [-0.39, 0.29) is 11.6 Å². The zero-order chi connectivity index (χ0) is 24.1. The summed E-state index contributed by atoms with van der Waals surface area (Å²) in [5.74, 6) is 0.687. The van der Waals surface area contributed by atoms with Crippen LogP contribution >= 0.6 is 43.2 Å². The molecule has 0 spiro atoms. The average Bonchev–Trinajstić information content (AvgIpc) is 3.17. The molecule has 0 bridgehead atoms. The average molecular weight is 608 g/mol. The van der Waals surface area contributed by atoms with Crippen molar-refractivity contribution in [1.82, 2.24) is 4.57 Å². The van der Waals surface area contributed by atoms with Gasteiger partial charge in [0.25, 0.3) is 5.56 Å². The Morgan fingerprint density at radius 3 is 2.63 bits per heavy atom. The molecule has 1 aliphatic carbocycles. The third kappa shape index (κ3) is 3.86. The summed E-state index contributed by atoms with van der Waals surface area (Å²) in [5, 5.41) is 0. The third-order valence-electron chi connectivity index (χ3n) is 6.52. The van der Waals surface area contributed by atoms with Crippen molar-refractivity contribution in [2.75, 3.05) is 7.11 Å². The number of fused-ring (bicyclic) bond motifs is 3. The number of nitrogens with zero attached hydrogens (tertiary/aromatic N) is 2. The zero-order valence-electron chi connectivity index (χ0n) is 18.8. The molecule has 3 aromatic carbocycles. The topological polar surface area (TPSA) is 43.6 Å². The summed E-state index contributed by atoms with van der Waals surface area (Å²) in [6.07, 6.45) is 3.73. The number of aryl methyl sites for hydroxylation is 1. The Kier molecular flexibility index (Phi) is 5.87. The molecule has 4 aromatic rings. The van der Waals surface area contributed by atoms with E-state index < -0.39 is 0 Å². The van der Waals surface area contributed by atoms with Gasteiger partial charge in [-0.1, -0.05) is 81.9 Å². The van der Waals surface area contributed by atoms with Crippen LogP contribution in [0.25, 0.3) is 11.8 Å². The van der Waals surface area contributed by atoms with Gasteiger partial charge >= 0.3 is 0 Å². The van der Waals surface area contributed by atoms with Crippen LogP contribution in [-0.4, -0.2) is 11.7 Å². The predicted octanol–water partition coefficient (Wildman–Crippen LogP) is 5.85. The zero-order valence-corrected chi connectivity index (χ0v) is 22.8. The van der Waals surface area contributed by atoms with Gasteiger partial charge in [-0.15, -0.1) is 0 Å². The van der Waals surface area contributed by atoms with Crippen LogP contribution in [0.1, 0.15) is 34.7 Å². The van der Waals surface area contributed by atoms with Crippen LogP contribution in [0.2, 0.25) is 0 Å². The largest absolute Gasteiger partial charge is 0.495 e. The van der Waals surface area contributed by atoms with E-state index in [2.05, 4.69) is 68.3 Å². The molecule has 0 N–H and O–H groups in total. The summed E-state index contributed by atoms with van der Waals surface area (Å²) < 4.78 is 9.84. The van der Waals surface area contributed by atoms with Gasteiger partial charge in [-0.05, 0) is 63.7 Å². The van der Waals surface area contributed by atoms with E-state index in [4.69, 9.17) is 9.73 Å². The number of hydrogen-bond acceptors (Lipinski definition) is 4. The van der Waals surface area contributed by atoms with Gasteiger partial charge in [-0.3, -0.25) is 9.36 Å². The fraction of sp³-hybridized carbons (Fsp3) is 0.143. The van der Waals surface area contributed by atoms with Crippen LogP contribution in [-0.2, 0) is 6.42 Å². The lowest BCUT2D eigenvalue weighted by Gasteiger charge is -2.30. The lowest BCUT2D eigenvalue weighted by Crippen LogP contribution is -2.38. The minimum atomic E-state index is -0.172. The Morgan fingerprint density at radius 2 is 1.83 bits per heavy atom. The maximum absolute atomic E-state index is 13.9. The molecule has 0 amide bonds. The first-order valence-electron chi connectivity index (χ1n) is 11.3. The third-order valence-corrected chi connectivity index (χ3v) is 8.55. The molecule has 0 radical (unpaired) electrons. The highest BCUT2D eigenvalue weighted by Crippen LogP contribution is 2.41. The predicted molar refractivity (Wildman–Crippen MR) is 148 cm³/mol. The number of halogens is 2. The van der Waals surface area contributed by atoms with Crippen LogP contribution in [0.5, 0.6) is 5.75 Å². The SMILES string of the molecule is COc1c(Br)cc(Br)cc1C=c1sc2n(c1=O)C(c1ccccc1)C1=C(N=2)c2ccccc2CC1. The number of allylic oxidation sites excluding steroid dienone is 1. The van der Waals surface area contributed by atoms with Crippen LogP contribution in [0.15, 0.2) is 91.0 Å². The first-order valence-corrected chi connectivity index (χ1v) is 13.7. The normalized spacial score (nSPS) is 16.9. The molecule has 0 saturated heterocycles. The highest BCUT2D eigenvalue weighted by atomic mass is 79.9. The summed E-state index contributed by atoms with van der Waals surface area (Å²) in [7, 11) is 1.63. The monoisotopic (exact) mass is 606 g/mol.